The van der Waals surface area contributed by atoms with Crippen LogP contribution in [0.15, 0.2) is 6.07 Å². The van der Waals surface area contributed by atoms with Crippen molar-refractivity contribution in [3.63, 3.8) is 0 Å². The first-order chi connectivity index (χ1) is 3.83. The summed E-state index contributed by atoms with van der Waals surface area (Å²) in [6.07, 6.45) is 0. The Morgan fingerprint density at radius 1 is 1.75 bits per heavy atom. The molecule has 0 unspecified atom stereocenters. The average molecular weight is 128 g/mol. The normalized spacial score (nSPS) is 9.25. The second-order valence-corrected chi connectivity index (χ2v) is 2.58. The fraction of sp³-hybridized carbons (Fsp3) is 0.400. The Balaban J connectivity index is 2.84. The van der Waals surface area contributed by atoms with Crippen molar-refractivity contribution in [3.8, 4) is 0 Å². The minimum Gasteiger partial charge on any atom is -0.372 e. The van der Waals surface area contributed by atoms with Gasteiger partial charge in [-0.25, -0.2) is 0 Å². The van der Waals surface area contributed by atoms with Crippen LogP contribution in [0, 0.1) is 6.92 Å². The van der Waals surface area contributed by atoms with E-state index in [0.29, 0.717) is 0 Å². The molecule has 44 valence electrons. The van der Waals surface area contributed by atoms with Crippen LogP contribution in [0.2, 0.25) is 0 Å². The molecule has 0 aromatic carbocycles. The molecule has 8 heavy (non-hydrogen) atoms. The van der Waals surface area contributed by atoms with Crippen molar-refractivity contribution < 1.29 is 0 Å². The maximum Gasteiger partial charge on any atom is 0.139 e. The van der Waals surface area contributed by atoms with E-state index in [9.17, 15) is 0 Å². The molecule has 2 nitrogen and oxygen atoms in total. The quantitative estimate of drug-likeness (QED) is 0.620. The van der Waals surface area contributed by atoms with Crippen LogP contribution in [0.25, 0.3) is 0 Å². The van der Waals surface area contributed by atoms with Crippen molar-refractivity contribution in [2.75, 3.05) is 12.4 Å². The standard InChI is InChI=1S/C5H8N2S/c1-4-3-5(6-2)7-8-4/h3H,1-2H3,(H,6,7). The van der Waals surface area contributed by atoms with Crippen molar-refractivity contribution in [1.82, 2.24) is 4.37 Å². The molecule has 0 fully saturated rings. The SMILES string of the molecule is CNc1cc(C)sn1. The number of rotatable bonds is 1. The number of aryl methyl sites for hydroxylation is 1. The second-order valence-electron chi connectivity index (χ2n) is 1.57. The highest BCUT2D eigenvalue weighted by Crippen LogP contribution is 2.10. The highest BCUT2D eigenvalue weighted by atomic mass is 32.1. The lowest BCUT2D eigenvalue weighted by Gasteiger charge is -1.84. The Labute approximate surface area is 52.7 Å². The summed E-state index contributed by atoms with van der Waals surface area (Å²) in [5.41, 5.74) is 0. The van der Waals surface area contributed by atoms with E-state index in [1.165, 1.54) is 16.4 Å². The van der Waals surface area contributed by atoms with E-state index in [4.69, 9.17) is 0 Å². The van der Waals surface area contributed by atoms with Gasteiger partial charge < -0.3 is 5.32 Å². The summed E-state index contributed by atoms with van der Waals surface area (Å²) >= 11 is 1.52. The minimum absolute atomic E-state index is 0.965. The lowest BCUT2D eigenvalue weighted by atomic mass is 10.5. The zero-order valence-electron chi connectivity index (χ0n) is 4.93. The molecule has 1 aromatic rings. The first-order valence-electron chi connectivity index (χ1n) is 2.44. The van der Waals surface area contributed by atoms with Gasteiger partial charge in [0, 0.05) is 11.9 Å². The summed E-state index contributed by atoms with van der Waals surface area (Å²) in [4.78, 5) is 1.24. The van der Waals surface area contributed by atoms with Crippen LogP contribution in [0.3, 0.4) is 0 Å². The van der Waals surface area contributed by atoms with Gasteiger partial charge in [-0.15, -0.1) is 0 Å². The van der Waals surface area contributed by atoms with E-state index in [-0.39, 0.29) is 0 Å². The maximum atomic E-state index is 4.06. The van der Waals surface area contributed by atoms with Crippen molar-refractivity contribution in [1.29, 1.82) is 0 Å². The Bertz CT molecular complexity index is 171. The predicted molar refractivity (Wildman–Crippen MR) is 36.4 cm³/mol. The molecule has 0 radical (unpaired) electrons. The van der Waals surface area contributed by atoms with E-state index in [1.807, 2.05) is 20.0 Å². The first-order valence-corrected chi connectivity index (χ1v) is 3.21. The number of nitrogens with one attached hydrogen (secondary N) is 1. The fourth-order valence-electron chi connectivity index (χ4n) is 0.484. The highest BCUT2D eigenvalue weighted by Gasteiger charge is 1.90. The molecule has 1 aromatic heterocycles. The minimum atomic E-state index is 0.965. The van der Waals surface area contributed by atoms with Crippen molar-refractivity contribution in [2.45, 2.75) is 6.92 Å². The lowest BCUT2D eigenvalue weighted by Crippen LogP contribution is -1.84. The molecule has 1 rings (SSSR count). The second kappa shape index (κ2) is 2.13. The number of nitrogens with zero attached hydrogens (tertiary/aromatic N) is 1. The van der Waals surface area contributed by atoms with Gasteiger partial charge in [0.1, 0.15) is 5.82 Å². The van der Waals surface area contributed by atoms with Gasteiger partial charge in [-0.05, 0) is 24.5 Å². The molecule has 0 saturated heterocycles. The summed E-state index contributed by atoms with van der Waals surface area (Å²) in [6.45, 7) is 2.04. The van der Waals surface area contributed by atoms with E-state index in [2.05, 4.69) is 9.69 Å². The first kappa shape index (κ1) is 5.56. The summed E-state index contributed by atoms with van der Waals surface area (Å²) in [5.74, 6) is 0.965. The summed E-state index contributed by atoms with van der Waals surface area (Å²) in [7, 11) is 1.87. The predicted octanol–water partition coefficient (Wildman–Crippen LogP) is 1.49. The average Bonchev–Trinajstić information content (AvgIpc) is 2.14. The van der Waals surface area contributed by atoms with Crippen LogP contribution in [0.1, 0.15) is 4.88 Å². The molecule has 0 aliphatic heterocycles. The van der Waals surface area contributed by atoms with Crippen molar-refractivity contribution in [2.24, 2.45) is 0 Å². The van der Waals surface area contributed by atoms with E-state index < -0.39 is 0 Å². The van der Waals surface area contributed by atoms with Gasteiger partial charge in [-0.3, -0.25) is 0 Å². The van der Waals surface area contributed by atoms with Crippen LogP contribution < -0.4 is 5.32 Å². The van der Waals surface area contributed by atoms with Crippen LogP contribution >= 0.6 is 11.5 Å². The third-order valence-corrected chi connectivity index (χ3v) is 1.58. The molecular formula is C5H8N2S. The third kappa shape index (κ3) is 0.980. The van der Waals surface area contributed by atoms with Gasteiger partial charge in [-0.1, -0.05) is 0 Å². The Morgan fingerprint density at radius 2 is 2.50 bits per heavy atom. The summed E-state index contributed by atoms with van der Waals surface area (Å²) in [6, 6.07) is 2.02. The molecule has 0 bridgehead atoms. The molecule has 0 atom stereocenters. The third-order valence-electron chi connectivity index (χ3n) is 0.884. The molecule has 0 saturated carbocycles. The Kier molecular flexibility index (Phi) is 1.48. The number of hydrogen-bond acceptors (Lipinski definition) is 3. The van der Waals surface area contributed by atoms with E-state index in [0.717, 1.165) is 5.82 Å². The largest absolute Gasteiger partial charge is 0.372 e. The molecule has 3 heteroatoms. The van der Waals surface area contributed by atoms with Gasteiger partial charge in [0.25, 0.3) is 0 Å². The van der Waals surface area contributed by atoms with Crippen LogP contribution in [0.4, 0.5) is 5.82 Å². The maximum absolute atomic E-state index is 4.06. The van der Waals surface area contributed by atoms with Gasteiger partial charge in [0.05, 0.1) is 0 Å². The Morgan fingerprint density at radius 3 is 2.75 bits per heavy atom. The lowest BCUT2D eigenvalue weighted by molar-refractivity contribution is 1.43. The van der Waals surface area contributed by atoms with Crippen molar-refractivity contribution >= 4 is 17.4 Å². The van der Waals surface area contributed by atoms with E-state index in [1.54, 1.807) is 0 Å². The zero-order chi connectivity index (χ0) is 5.98. The number of aromatic nitrogens is 1. The van der Waals surface area contributed by atoms with Gasteiger partial charge >= 0.3 is 0 Å². The Hall–Kier alpha value is -0.570. The van der Waals surface area contributed by atoms with Crippen molar-refractivity contribution in [3.05, 3.63) is 10.9 Å². The molecule has 1 N–H and O–H groups in total. The zero-order valence-corrected chi connectivity index (χ0v) is 5.75. The molecule has 1 heterocycles. The smallest absolute Gasteiger partial charge is 0.139 e. The fourth-order valence-corrected chi connectivity index (χ4v) is 1.03. The molecule has 0 aliphatic carbocycles. The summed E-state index contributed by atoms with van der Waals surface area (Å²) < 4.78 is 4.06. The van der Waals surface area contributed by atoms with E-state index >= 15 is 0 Å². The summed E-state index contributed by atoms with van der Waals surface area (Å²) in [5, 5.41) is 2.95. The topological polar surface area (TPSA) is 24.9 Å². The molecule has 0 aliphatic rings. The number of hydrogen-bond donors (Lipinski definition) is 1. The van der Waals surface area contributed by atoms with Gasteiger partial charge in [0.2, 0.25) is 0 Å². The monoisotopic (exact) mass is 128 g/mol. The van der Waals surface area contributed by atoms with Gasteiger partial charge in [0.15, 0.2) is 0 Å². The molecular weight excluding hydrogens is 120 g/mol. The van der Waals surface area contributed by atoms with Crippen LogP contribution in [-0.4, -0.2) is 11.4 Å². The highest BCUT2D eigenvalue weighted by molar-refractivity contribution is 7.05. The van der Waals surface area contributed by atoms with Gasteiger partial charge in [-0.2, -0.15) is 4.37 Å². The molecule has 0 amide bonds. The van der Waals surface area contributed by atoms with Crippen LogP contribution in [0.5, 0.6) is 0 Å². The molecule has 0 spiro atoms. The van der Waals surface area contributed by atoms with Crippen LogP contribution in [-0.2, 0) is 0 Å². The number of anilines is 1.